The number of anilines is 1. The molecule has 5 amide bonds. The average Bonchev–Trinajstić information content (AvgIpc) is 3.61. The van der Waals surface area contributed by atoms with Gasteiger partial charge in [-0.15, -0.1) is 0 Å². The van der Waals surface area contributed by atoms with Crippen LogP contribution in [0.4, 0.5) is 11.4 Å². The van der Waals surface area contributed by atoms with Gasteiger partial charge < -0.3 is 31.3 Å². The number of non-ortho nitro benzene ring substituents is 1. The van der Waals surface area contributed by atoms with Crippen molar-refractivity contribution in [2.24, 2.45) is 0 Å². The lowest BCUT2D eigenvalue weighted by Gasteiger charge is -2.30. The van der Waals surface area contributed by atoms with Gasteiger partial charge in [0.2, 0.25) is 29.5 Å². The number of hydrogen-bond acceptors (Lipinski definition) is 8. The number of hydrogen-bond donors (Lipinski definition) is 5. The van der Waals surface area contributed by atoms with Gasteiger partial charge in [0, 0.05) is 43.6 Å². The Balaban J connectivity index is 1.50. The second-order valence-electron chi connectivity index (χ2n) is 12.2. The monoisotopic (exact) mass is 700 g/mol. The molecule has 0 saturated carbocycles. The Kier molecular flexibility index (Phi) is 13.3. The summed E-state index contributed by atoms with van der Waals surface area (Å²) >= 11 is 0. The number of carboxylic acid groups (broad SMARTS) is 1. The predicted molar refractivity (Wildman–Crippen MR) is 185 cm³/mol. The summed E-state index contributed by atoms with van der Waals surface area (Å²) in [6.45, 7) is 1.64. The summed E-state index contributed by atoms with van der Waals surface area (Å²) < 4.78 is 0. The van der Waals surface area contributed by atoms with Gasteiger partial charge >= 0.3 is 5.97 Å². The van der Waals surface area contributed by atoms with Gasteiger partial charge in [-0.05, 0) is 43.0 Å². The van der Waals surface area contributed by atoms with E-state index < -0.39 is 71.0 Å². The number of benzene rings is 3. The minimum atomic E-state index is -1.16. The third-order valence-corrected chi connectivity index (χ3v) is 8.33. The molecule has 0 unspecified atom stereocenters. The summed E-state index contributed by atoms with van der Waals surface area (Å²) in [7, 11) is 0. The van der Waals surface area contributed by atoms with Crippen molar-refractivity contribution in [1.82, 2.24) is 20.9 Å². The molecule has 0 bridgehead atoms. The predicted octanol–water partition coefficient (Wildman–Crippen LogP) is 2.35. The molecule has 51 heavy (non-hydrogen) atoms. The smallest absolute Gasteiger partial charge is 0.303 e. The molecule has 268 valence electrons. The highest BCUT2D eigenvalue weighted by Gasteiger charge is 2.39. The van der Waals surface area contributed by atoms with Crippen molar-refractivity contribution >= 4 is 46.9 Å². The molecule has 1 aliphatic heterocycles. The van der Waals surface area contributed by atoms with Crippen LogP contribution in [0.5, 0.6) is 0 Å². The number of nitrogens with zero attached hydrogens (tertiary/aromatic N) is 2. The van der Waals surface area contributed by atoms with E-state index in [4.69, 9.17) is 5.11 Å². The first kappa shape index (κ1) is 37.7. The minimum absolute atomic E-state index is 0.0875. The van der Waals surface area contributed by atoms with E-state index >= 15 is 0 Å². The van der Waals surface area contributed by atoms with Crippen molar-refractivity contribution in [2.75, 3.05) is 11.9 Å². The topological polar surface area (TPSA) is 217 Å². The molecule has 0 aliphatic carbocycles. The van der Waals surface area contributed by atoms with Crippen LogP contribution in [0, 0.1) is 10.1 Å². The minimum Gasteiger partial charge on any atom is -0.481 e. The van der Waals surface area contributed by atoms with Gasteiger partial charge in [-0.25, -0.2) is 0 Å². The quantitative estimate of drug-likeness (QED) is 0.109. The Hall–Kier alpha value is -6.12. The summed E-state index contributed by atoms with van der Waals surface area (Å²) in [6, 6.07) is 19.0. The Morgan fingerprint density at radius 3 is 1.96 bits per heavy atom. The molecule has 15 nitrogen and oxygen atoms in total. The molecule has 0 spiro atoms. The lowest BCUT2D eigenvalue weighted by Crippen LogP contribution is -2.58. The van der Waals surface area contributed by atoms with Crippen molar-refractivity contribution in [3.8, 4) is 0 Å². The third kappa shape index (κ3) is 11.2. The summed E-state index contributed by atoms with van der Waals surface area (Å²) in [4.78, 5) is 89.5. The molecule has 3 aromatic carbocycles. The van der Waals surface area contributed by atoms with Crippen LogP contribution in [0.2, 0.25) is 0 Å². The molecule has 0 radical (unpaired) electrons. The Morgan fingerprint density at radius 2 is 1.39 bits per heavy atom. The van der Waals surface area contributed by atoms with E-state index in [0.717, 1.165) is 11.1 Å². The fourth-order valence-corrected chi connectivity index (χ4v) is 5.67. The second-order valence-corrected chi connectivity index (χ2v) is 12.2. The number of carboxylic acids is 1. The Labute approximate surface area is 293 Å². The number of carbonyl (C=O) groups excluding carboxylic acids is 5. The Bertz CT molecular complexity index is 1720. The van der Waals surface area contributed by atoms with Crippen LogP contribution in [0.3, 0.4) is 0 Å². The number of aliphatic carboxylic acids is 1. The molecular weight excluding hydrogens is 660 g/mol. The highest BCUT2D eigenvalue weighted by Crippen LogP contribution is 2.21. The molecule has 3 aromatic rings. The number of carbonyl (C=O) groups is 6. The molecule has 0 aromatic heterocycles. The van der Waals surface area contributed by atoms with E-state index in [9.17, 15) is 38.9 Å². The fourth-order valence-electron chi connectivity index (χ4n) is 5.67. The summed E-state index contributed by atoms with van der Waals surface area (Å²) in [5, 5.41) is 30.5. The van der Waals surface area contributed by atoms with Crippen molar-refractivity contribution in [1.29, 1.82) is 0 Å². The maximum atomic E-state index is 14.1. The lowest BCUT2D eigenvalue weighted by molar-refractivity contribution is -0.384. The number of nitro benzene ring substituents is 1. The van der Waals surface area contributed by atoms with Gasteiger partial charge in [0.1, 0.15) is 24.2 Å². The van der Waals surface area contributed by atoms with Crippen LogP contribution in [-0.4, -0.2) is 81.1 Å². The molecule has 1 saturated heterocycles. The van der Waals surface area contributed by atoms with Crippen LogP contribution in [-0.2, 0) is 41.6 Å². The largest absolute Gasteiger partial charge is 0.481 e. The first-order valence-corrected chi connectivity index (χ1v) is 16.5. The maximum Gasteiger partial charge on any atom is 0.303 e. The molecule has 15 heteroatoms. The van der Waals surface area contributed by atoms with E-state index in [0.29, 0.717) is 18.5 Å². The van der Waals surface area contributed by atoms with Crippen LogP contribution in [0.15, 0.2) is 84.9 Å². The summed E-state index contributed by atoms with van der Waals surface area (Å²) in [5.41, 5.74) is 1.64. The molecule has 5 N–H and O–H groups in total. The van der Waals surface area contributed by atoms with E-state index in [1.165, 1.54) is 36.1 Å². The van der Waals surface area contributed by atoms with Crippen LogP contribution >= 0.6 is 0 Å². The van der Waals surface area contributed by atoms with Gasteiger partial charge in [-0.3, -0.25) is 38.9 Å². The summed E-state index contributed by atoms with van der Waals surface area (Å²) in [6.07, 6.45) is 0.282. The van der Waals surface area contributed by atoms with Gasteiger partial charge in [0.25, 0.3) is 5.69 Å². The highest BCUT2D eigenvalue weighted by molar-refractivity contribution is 5.99. The highest BCUT2D eigenvalue weighted by atomic mass is 16.6. The number of likely N-dealkylation sites (tertiary alicyclic amines) is 1. The average molecular weight is 701 g/mol. The molecule has 1 heterocycles. The van der Waals surface area contributed by atoms with Gasteiger partial charge in [-0.1, -0.05) is 60.7 Å². The number of nitrogens with one attached hydrogen (secondary N) is 4. The molecule has 1 aliphatic rings. The lowest BCUT2D eigenvalue weighted by atomic mass is 10.0. The molecule has 4 rings (SSSR count). The van der Waals surface area contributed by atoms with E-state index in [1.807, 2.05) is 6.07 Å². The molecule has 1 fully saturated rings. The number of nitro groups is 1. The van der Waals surface area contributed by atoms with Crippen LogP contribution in [0.1, 0.15) is 43.7 Å². The first-order chi connectivity index (χ1) is 24.4. The van der Waals surface area contributed by atoms with Crippen LogP contribution in [0.25, 0.3) is 0 Å². The van der Waals surface area contributed by atoms with Crippen LogP contribution < -0.4 is 21.3 Å². The SMILES string of the molecule is C[C@H](NC(=O)CCC(=O)O)C(=O)N[C@@H](Cc1ccccc1)C(=O)N1CCC[C@H]1C(=O)N[C@@H](Cc1ccccc1)C(=O)Nc1ccc([N+](=O)[O-])cc1. The first-order valence-electron chi connectivity index (χ1n) is 16.5. The normalized spacial score (nSPS) is 15.5. The van der Waals surface area contributed by atoms with Crippen molar-refractivity contribution in [2.45, 2.75) is 69.6 Å². The van der Waals surface area contributed by atoms with E-state index in [2.05, 4.69) is 21.3 Å². The van der Waals surface area contributed by atoms with E-state index in [1.54, 1.807) is 54.6 Å². The zero-order valence-corrected chi connectivity index (χ0v) is 27.9. The van der Waals surface area contributed by atoms with Gasteiger partial charge in [0.05, 0.1) is 11.3 Å². The Morgan fingerprint density at radius 1 is 0.804 bits per heavy atom. The van der Waals surface area contributed by atoms with Crippen molar-refractivity contribution in [3.05, 3.63) is 106 Å². The summed E-state index contributed by atoms with van der Waals surface area (Å²) in [5.74, 6) is -4.11. The second kappa shape index (κ2) is 18.0. The number of amides is 5. The molecular formula is C36H40N6O9. The van der Waals surface area contributed by atoms with Gasteiger partial charge in [-0.2, -0.15) is 0 Å². The fraction of sp³-hybridized carbons (Fsp3) is 0.333. The standard InChI is InChI=1S/C36H40N6O9/c1-23(37-31(43)18-19-32(44)45)33(46)40-29(22-25-11-6-3-7-12-25)36(49)41-20-8-13-30(41)35(48)39-28(21-24-9-4-2-5-10-24)34(47)38-26-14-16-27(17-15-26)42(50)51/h2-7,9-12,14-17,23,28-30H,8,13,18-22H2,1H3,(H,37,43)(H,38,47)(H,39,48)(H,40,46)(H,44,45)/t23-,28-,29-,30-/m0/s1. The zero-order valence-electron chi connectivity index (χ0n) is 27.9. The third-order valence-electron chi connectivity index (χ3n) is 8.33. The van der Waals surface area contributed by atoms with E-state index in [-0.39, 0.29) is 31.5 Å². The van der Waals surface area contributed by atoms with Crippen molar-refractivity contribution in [3.63, 3.8) is 0 Å². The van der Waals surface area contributed by atoms with Crippen molar-refractivity contribution < 1.29 is 38.8 Å². The zero-order chi connectivity index (χ0) is 36.9. The molecule has 4 atom stereocenters. The van der Waals surface area contributed by atoms with Gasteiger partial charge in [0.15, 0.2) is 0 Å². The number of rotatable bonds is 16. The maximum absolute atomic E-state index is 14.1.